The lowest BCUT2D eigenvalue weighted by Gasteiger charge is -2.25. The van der Waals surface area contributed by atoms with Crippen molar-refractivity contribution in [3.63, 3.8) is 0 Å². The monoisotopic (exact) mass is 395 g/mol. The second-order valence-corrected chi connectivity index (χ2v) is 9.19. The molecule has 1 aromatic rings. The van der Waals surface area contributed by atoms with Gasteiger partial charge < -0.3 is 4.90 Å². The number of nitro groups is 1. The van der Waals surface area contributed by atoms with Crippen molar-refractivity contribution in [2.75, 3.05) is 30.3 Å². The SMILES string of the molecule is O=C(CCCCS(=O)(=O)N1CCCCC1)N1CCc2ccc([N+](=O)[O-])cc21. The molecule has 0 bridgehead atoms. The van der Waals surface area contributed by atoms with Gasteiger partial charge in [0, 0.05) is 38.2 Å². The Morgan fingerprint density at radius 3 is 2.56 bits per heavy atom. The van der Waals surface area contributed by atoms with Gasteiger partial charge in [-0.1, -0.05) is 12.5 Å². The third kappa shape index (κ3) is 4.65. The average Bonchev–Trinajstić information content (AvgIpc) is 3.09. The van der Waals surface area contributed by atoms with Crippen LogP contribution in [0.1, 0.15) is 44.1 Å². The third-order valence-corrected chi connectivity index (χ3v) is 7.18. The van der Waals surface area contributed by atoms with E-state index in [2.05, 4.69) is 0 Å². The summed E-state index contributed by atoms with van der Waals surface area (Å²) in [5, 5.41) is 11.0. The van der Waals surface area contributed by atoms with E-state index in [1.807, 2.05) is 0 Å². The minimum Gasteiger partial charge on any atom is -0.312 e. The van der Waals surface area contributed by atoms with Crippen molar-refractivity contribution in [2.45, 2.75) is 44.9 Å². The molecule has 1 saturated heterocycles. The molecule has 27 heavy (non-hydrogen) atoms. The number of benzene rings is 1. The van der Waals surface area contributed by atoms with Crippen molar-refractivity contribution in [3.05, 3.63) is 33.9 Å². The van der Waals surface area contributed by atoms with E-state index >= 15 is 0 Å². The summed E-state index contributed by atoms with van der Waals surface area (Å²) in [5.41, 5.74) is 1.51. The molecule has 0 unspecified atom stereocenters. The third-order valence-electron chi connectivity index (χ3n) is 5.23. The number of carbonyl (C=O) groups is 1. The van der Waals surface area contributed by atoms with Gasteiger partial charge in [0.25, 0.3) is 5.69 Å². The highest BCUT2D eigenvalue weighted by Crippen LogP contribution is 2.32. The highest BCUT2D eigenvalue weighted by atomic mass is 32.2. The molecule has 0 spiro atoms. The quantitative estimate of drug-likeness (QED) is 0.401. The van der Waals surface area contributed by atoms with Crippen molar-refractivity contribution in [2.24, 2.45) is 0 Å². The molecule has 0 aliphatic carbocycles. The second kappa shape index (κ2) is 8.35. The van der Waals surface area contributed by atoms with Gasteiger partial charge in [-0.05, 0) is 37.7 Å². The zero-order chi connectivity index (χ0) is 19.4. The molecule has 148 valence electrons. The van der Waals surface area contributed by atoms with Crippen LogP contribution in [0.25, 0.3) is 0 Å². The van der Waals surface area contributed by atoms with Gasteiger partial charge in [0.2, 0.25) is 15.9 Å². The van der Waals surface area contributed by atoms with Gasteiger partial charge in [0.05, 0.1) is 16.4 Å². The van der Waals surface area contributed by atoms with E-state index in [0.717, 1.165) is 24.8 Å². The van der Waals surface area contributed by atoms with E-state index in [9.17, 15) is 23.3 Å². The molecule has 0 saturated carbocycles. The molecule has 9 heteroatoms. The van der Waals surface area contributed by atoms with Crippen molar-refractivity contribution in [1.29, 1.82) is 0 Å². The molecule has 1 aromatic carbocycles. The van der Waals surface area contributed by atoms with Crippen molar-refractivity contribution < 1.29 is 18.1 Å². The Morgan fingerprint density at radius 1 is 1.11 bits per heavy atom. The normalized spacial score (nSPS) is 17.7. The first-order valence-electron chi connectivity index (χ1n) is 9.44. The first-order chi connectivity index (χ1) is 12.9. The molecule has 1 amide bonds. The van der Waals surface area contributed by atoms with Crippen LogP contribution in [0.2, 0.25) is 0 Å². The van der Waals surface area contributed by atoms with Gasteiger partial charge in [0.15, 0.2) is 0 Å². The Morgan fingerprint density at radius 2 is 1.85 bits per heavy atom. The zero-order valence-corrected chi connectivity index (χ0v) is 16.1. The van der Waals surface area contributed by atoms with Crippen LogP contribution in [0.5, 0.6) is 0 Å². The van der Waals surface area contributed by atoms with E-state index in [1.165, 1.54) is 12.1 Å². The van der Waals surface area contributed by atoms with Gasteiger partial charge in [-0.2, -0.15) is 0 Å². The molecule has 0 N–H and O–H groups in total. The topological polar surface area (TPSA) is 101 Å². The fourth-order valence-corrected chi connectivity index (χ4v) is 5.35. The number of non-ortho nitro benzene ring substituents is 1. The highest BCUT2D eigenvalue weighted by Gasteiger charge is 2.27. The molecule has 8 nitrogen and oxygen atoms in total. The number of fused-ring (bicyclic) bond motifs is 1. The van der Waals surface area contributed by atoms with Crippen molar-refractivity contribution in [3.8, 4) is 0 Å². The van der Waals surface area contributed by atoms with E-state index in [-0.39, 0.29) is 23.8 Å². The molecule has 2 aliphatic rings. The maximum absolute atomic E-state index is 12.5. The fraction of sp³-hybridized carbons (Fsp3) is 0.611. The number of amides is 1. The summed E-state index contributed by atoms with van der Waals surface area (Å²) >= 11 is 0. The predicted octanol–water partition coefficient (Wildman–Crippen LogP) is 2.47. The minimum absolute atomic E-state index is 0.0268. The van der Waals surface area contributed by atoms with Crippen LogP contribution in [0.15, 0.2) is 18.2 Å². The fourth-order valence-electron chi connectivity index (χ4n) is 3.71. The highest BCUT2D eigenvalue weighted by molar-refractivity contribution is 7.89. The second-order valence-electron chi connectivity index (χ2n) is 7.10. The first-order valence-corrected chi connectivity index (χ1v) is 11.0. The number of piperidine rings is 1. The maximum Gasteiger partial charge on any atom is 0.271 e. The Kier molecular flexibility index (Phi) is 6.11. The standard InChI is InChI=1S/C18H25N3O5S/c22-18(6-2-5-13-27(25,26)19-10-3-1-4-11-19)20-12-9-15-7-8-16(21(23)24)14-17(15)20/h7-8,14H,1-6,9-13H2. The van der Waals surface area contributed by atoms with E-state index in [0.29, 0.717) is 44.6 Å². The summed E-state index contributed by atoms with van der Waals surface area (Å²) in [6, 6.07) is 4.60. The predicted molar refractivity (Wildman–Crippen MR) is 102 cm³/mol. The number of nitro benzene ring substituents is 1. The Balaban J connectivity index is 1.51. The Labute approximate surface area is 159 Å². The van der Waals surface area contributed by atoms with Crippen LogP contribution in [0, 0.1) is 10.1 Å². The van der Waals surface area contributed by atoms with Crippen LogP contribution in [0.4, 0.5) is 11.4 Å². The lowest BCUT2D eigenvalue weighted by atomic mass is 10.1. The summed E-state index contributed by atoms with van der Waals surface area (Å²) in [6.07, 6.45) is 4.78. The number of rotatable bonds is 7. The van der Waals surface area contributed by atoms with E-state index in [4.69, 9.17) is 0 Å². The summed E-state index contributed by atoms with van der Waals surface area (Å²) in [5.74, 6) is -0.0351. The van der Waals surface area contributed by atoms with Gasteiger partial charge in [-0.25, -0.2) is 12.7 Å². The van der Waals surface area contributed by atoms with Gasteiger partial charge in [0.1, 0.15) is 0 Å². The molecular formula is C18H25N3O5S. The number of sulfonamides is 1. The number of hydrogen-bond donors (Lipinski definition) is 0. The number of nitrogens with zero attached hydrogens (tertiary/aromatic N) is 3. The summed E-state index contributed by atoms with van der Waals surface area (Å²) < 4.78 is 26.2. The molecule has 2 aliphatic heterocycles. The molecule has 1 fully saturated rings. The number of hydrogen-bond acceptors (Lipinski definition) is 5. The average molecular weight is 395 g/mol. The van der Waals surface area contributed by atoms with Crippen LogP contribution < -0.4 is 4.90 Å². The lowest BCUT2D eigenvalue weighted by molar-refractivity contribution is -0.384. The van der Waals surface area contributed by atoms with Crippen LogP contribution in [-0.2, 0) is 21.2 Å². The van der Waals surface area contributed by atoms with Crippen LogP contribution >= 0.6 is 0 Å². The van der Waals surface area contributed by atoms with Crippen LogP contribution in [0.3, 0.4) is 0 Å². The largest absolute Gasteiger partial charge is 0.312 e. The van der Waals surface area contributed by atoms with Crippen LogP contribution in [-0.4, -0.2) is 48.9 Å². The molecule has 3 rings (SSSR count). The number of anilines is 1. The maximum atomic E-state index is 12.5. The van der Waals surface area contributed by atoms with Gasteiger partial charge in [-0.15, -0.1) is 0 Å². The number of carbonyl (C=O) groups excluding carboxylic acids is 1. The molecule has 0 radical (unpaired) electrons. The molecular weight excluding hydrogens is 370 g/mol. The molecule has 0 aromatic heterocycles. The summed E-state index contributed by atoms with van der Waals surface area (Å²) in [7, 11) is -3.23. The van der Waals surface area contributed by atoms with Gasteiger partial charge in [-0.3, -0.25) is 14.9 Å². The summed E-state index contributed by atoms with van der Waals surface area (Å²) in [4.78, 5) is 24.6. The van der Waals surface area contributed by atoms with E-state index in [1.54, 1.807) is 15.3 Å². The lowest BCUT2D eigenvalue weighted by Crippen LogP contribution is -2.37. The Hall–Kier alpha value is -2.00. The zero-order valence-electron chi connectivity index (χ0n) is 15.3. The smallest absolute Gasteiger partial charge is 0.271 e. The Bertz CT molecular complexity index is 818. The van der Waals surface area contributed by atoms with Crippen molar-refractivity contribution >= 4 is 27.3 Å². The first kappa shape index (κ1) is 19.8. The van der Waals surface area contributed by atoms with Crippen molar-refractivity contribution in [1.82, 2.24) is 4.31 Å². The minimum atomic E-state index is -3.23. The number of unbranched alkanes of at least 4 members (excludes halogenated alkanes) is 1. The summed E-state index contributed by atoms with van der Waals surface area (Å²) in [6.45, 7) is 1.72. The van der Waals surface area contributed by atoms with Gasteiger partial charge >= 0.3 is 0 Å². The van der Waals surface area contributed by atoms with E-state index < -0.39 is 14.9 Å². The molecule has 0 atom stereocenters. The molecule has 2 heterocycles.